The first-order chi connectivity index (χ1) is 12.5. The van der Waals surface area contributed by atoms with E-state index < -0.39 is 0 Å². The Morgan fingerprint density at radius 3 is 1.96 bits per heavy atom. The average molecular weight is 358 g/mol. The Labute approximate surface area is 154 Å². The van der Waals surface area contributed by atoms with Gasteiger partial charge in [0.05, 0.1) is 33.1 Å². The predicted octanol–water partition coefficient (Wildman–Crippen LogP) is 4.23. The lowest BCUT2D eigenvalue weighted by atomic mass is 9.96. The number of hydrogen-bond acceptors (Lipinski definition) is 4. The molecular formula is C20H26N2O4. The molecule has 1 atom stereocenters. The highest BCUT2D eigenvalue weighted by Gasteiger charge is 2.19. The van der Waals surface area contributed by atoms with E-state index in [0.717, 1.165) is 5.56 Å². The molecule has 2 aromatic rings. The summed E-state index contributed by atoms with van der Waals surface area (Å²) in [5.74, 6) is 1.67. The molecular weight excluding hydrogens is 332 g/mol. The summed E-state index contributed by atoms with van der Waals surface area (Å²) in [5, 5.41) is 5.85. The van der Waals surface area contributed by atoms with Crippen molar-refractivity contribution < 1.29 is 19.0 Å². The van der Waals surface area contributed by atoms with Crippen LogP contribution in [0.25, 0.3) is 0 Å². The van der Waals surface area contributed by atoms with Crippen molar-refractivity contribution in [3.8, 4) is 17.2 Å². The number of benzene rings is 2. The largest absolute Gasteiger partial charge is 0.493 e. The molecule has 0 bridgehead atoms. The van der Waals surface area contributed by atoms with E-state index in [1.165, 1.54) is 21.3 Å². The molecule has 0 heterocycles. The molecule has 0 aliphatic heterocycles. The first kappa shape index (κ1) is 19.4. The second-order valence-electron chi connectivity index (χ2n) is 6.14. The fourth-order valence-electron chi connectivity index (χ4n) is 2.76. The van der Waals surface area contributed by atoms with E-state index in [9.17, 15) is 4.79 Å². The van der Waals surface area contributed by atoms with Crippen molar-refractivity contribution in [1.29, 1.82) is 0 Å². The minimum Gasteiger partial charge on any atom is -0.493 e. The zero-order chi connectivity index (χ0) is 19.1. The first-order valence-electron chi connectivity index (χ1n) is 8.42. The first-order valence-corrected chi connectivity index (χ1v) is 8.42. The van der Waals surface area contributed by atoms with Gasteiger partial charge in [0, 0.05) is 12.1 Å². The Hall–Kier alpha value is -2.89. The minimum atomic E-state index is -0.304. The Morgan fingerprint density at radius 1 is 0.923 bits per heavy atom. The molecule has 0 saturated heterocycles. The van der Waals surface area contributed by atoms with Gasteiger partial charge in [0.25, 0.3) is 0 Å². The smallest absolute Gasteiger partial charge is 0.319 e. The number of methoxy groups -OCH3 is 3. The van der Waals surface area contributed by atoms with E-state index in [-0.39, 0.29) is 18.0 Å². The van der Waals surface area contributed by atoms with Gasteiger partial charge >= 0.3 is 6.03 Å². The molecule has 0 aliphatic carbocycles. The SMILES string of the molecule is COc1cc(NC(=O)NC(c2ccccc2)C(C)C)cc(OC)c1OC. The zero-order valence-corrected chi connectivity index (χ0v) is 15.8. The molecule has 140 valence electrons. The van der Waals surface area contributed by atoms with E-state index >= 15 is 0 Å². The maximum absolute atomic E-state index is 12.5. The second kappa shape index (κ2) is 8.99. The highest BCUT2D eigenvalue weighted by atomic mass is 16.5. The fraction of sp³-hybridized carbons (Fsp3) is 0.350. The lowest BCUT2D eigenvalue weighted by Crippen LogP contribution is -2.35. The number of ether oxygens (including phenoxy) is 3. The average Bonchev–Trinajstić information content (AvgIpc) is 2.65. The van der Waals surface area contributed by atoms with Gasteiger partial charge in [-0.3, -0.25) is 0 Å². The molecule has 2 N–H and O–H groups in total. The quantitative estimate of drug-likeness (QED) is 0.777. The number of amides is 2. The van der Waals surface area contributed by atoms with Crippen LogP contribution in [0.5, 0.6) is 17.2 Å². The van der Waals surface area contributed by atoms with Crippen LogP contribution in [-0.4, -0.2) is 27.4 Å². The van der Waals surface area contributed by atoms with Gasteiger partial charge in [0.1, 0.15) is 0 Å². The molecule has 0 saturated carbocycles. The van der Waals surface area contributed by atoms with Crippen LogP contribution in [0.2, 0.25) is 0 Å². The third-order valence-corrected chi connectivity index (χ3v) is 4.03. The van der Waals surface area contributed by atoms with Crippen LogP contribution >= 0.6 is 0 Å². The maximum atomic E-state index is 12.5. The maximum Gasteiger partial charge on any atom is 0.319 e. The molecule has 6 heteroatoms. The molecule has 2 rings (SSSR count). The molecule has 1 unspecified atom stereocenters. The van der Waals surface area contributed by atoms with Gasteiger partial charge in [0.15, 0.2) is 11.5 Å². The van der Waals surface area contributed by atoms with Crippen molar-refractivity contribution >= 4 is 11.7 Å². The number of anilines is 1. The Kier molecular flexibility index (Phi) is 6.72. The number of carbonyl (C=O) groups is 1. The Bertz CT molecular complexity index is 707. The molecule has 0 spiro atoms. The lowest BCUT2D eigenvalue weighted by molar-refractivity contribution is 0.244. The summed E-state index contributed by atoms with van der Waals surface area (Å²) in [6, 6.07) is 12.9. The second-order valence-corrected chi connectivity index (χ2v) is 6.14. The van der Waals surface area contributed by atoms with Crippen LogP contribution in [0.15, 0.2) is 42.5 Å². The topological polar surface area (TPSA) is 68.8 Å². The molecule has 0 aliphatic rings. The van der Waals surface area contributed by atoms with Crippen molar-refractivity contribution in [2.75, 3.05) is 26.6 Å². The van der Waals surface area contributed by atoms with Crippen LogP contribution in [0.1, 0.15) is 25.5 Å². The van der Waals surface area contributed by atoms with Crippen LogP contribution in [0, 0.1) is 5.92 Å². The highest BCUT2D eigenvalue weighted by molar-refractivity contribution is 5.90. The van der Waals surface area contributed by atoms with Crippen molar-refractivity contribution in [3.63, 3.8) is 0 Å². The van der Waals surface area contributed by atoms with E-state index in [4.69, 9.17) is 14.2 Å². The summed E-state index contributed by atoms with van der Waals surface area (Å²) >= 11 is 0. The minimum absolute atomic E-state index is 0.0989. The highest BCUT2D eigenvalue weighted by Crippen LogP contribution is 2.39. The van der Waals surface area contributed by atoms with Gasteiger partial charge in [-0.25, -0.2) is 4.79 Å². The van der Waals surface area contributed by atoms with Gasteiger partial charge in [-0.05, 0) is 11.5 Å². The van der Waals surface area contributed by atoms with E-state index in [1.807, 2.05) is 30.3 Å². The number of urea groups is 1. The van der Waals surface area contributed by atoms with Gasteiger partial charge < -0.3 is 24.8 Å². The van der Waals surface area contributed by atoms with Crippen molar-refractivity contribution in [2.24, 2.45) is 5.92 Å². The summed E-state index contributed by atoms with van der Waals surface area (Å²) < 4.78 is 15.9. The summed E-state index contributed by atoms with van der Waals surface area (Å²) in [5.41, 5.74) is 1.61. The van der Waals surface area contributed by atoms with Crippen LogP contribution < -0.4 is 24.8 Å². The van der Waals surface area contributed by atoms with E-state index in [0.29, 0.717) is 22.9 Å². The van der Waals surface area contributed by atoms with Crippen LogP contribution in [0.4, 0.5) is 10.5 Å². The molecule has 0 fully saturated rings. The van der Waals surface area contributed by atoms with Crippen molar-refractivity contribution in [3.05, 3.63) is 48.0 Å². The summed E-state index contributed by atoms with van der Waals surface area (Å²) in [6.45, 7) is 4.13. The fourth-order valence-corrected chi connectivity index (χ4v) is 2.76. The monoisotopic (exact) mass is 358 g/mol. The normalized spacial score (nSPS) is 11.6. The number of carbonyl (C=O) groups excluding carboxylic acids is 1. The Morgan fingerprint density at radius 2 is 1.50 bits per heavy atom. The molecule has 0 aromatic heterocycles. The summed E-state index contributed by atoms with van der Waals surface area (Å²) in [7, 11) is 4.60. The van der Waals surface area contributed by atoms with E-state index in [2.05, 4.69) is 24.5 Å². The summed E-state index contributed by atoms with van der Waals surface area (Å²) in [6.07, 6.45) is 0. The number of nitrogens with one attached hydrogen (secondary N) is 2. The van der Waals surface area contributed by atoms with Gasteiger partial charge in [-0.2, -0.15) is 0 Å². The van der Waals surface area contributed by atoms with E-state index in [1.54, 1.807) is 12.1 Å². The Balaban J connectivity index is 2.18. The summed E-state index contributed by atoms with van der Waals surface area (Å²) in [4.78, 5) is 12.5. The van der Waals surface area contributed by atoms with Crippen LogP contribution in [0.3, 0.4) is 0 Å². The molecule has 2 amide bonds. The molecule has 6 nitrogen and oxygen atoms in total. The third-order valence-electron chi connectivity index (χ3n) is 4.03. The van der Waals surface area contributed by atoms with Gasteiger partial charge in [-0.15, -0.1) is 0 Å². The molecule has 0 radical (unpaired) electrons. The van der Waals surface area contributed by atoms with Crippen molar-refractivity contribution in [2.45, 2.75) is 19.9 Å². The zero-order valence-electron chi connectivity index (χ0n) is 15.8. The predicted molar refractivity (Wildman–Crippen MR) is 102 cm³/mol. The van der Waals surface area contributed by atoms with Crippen molar-refractivity contribution in [1.82, 2.24) is 5.32 Å². The number of rotatable bonds is 7. The van der Waals surface area contributed by atoms with Gasteiger partial charge in [0.2, 0.25) is 5.75 Å². The molecule has 26 heavy (non-hydrogen) atoms. The standard InChI is InChI=1S/C20H26N2O4/c1-13(2)18(14-9-7-6-8-10-14)22-20(23)21-15-11-16(24-3)19(26-5)17(12-15)25-4/h6-13,18H,1-5H3,(H2,21,22,23). The third kappa shape index (κ3) is 4.59. The lowest BCUT2D eigenvalue weighted by Gasteiger charge is -2.23. The number of hydrogen-bond donors (Lipinski definition) is 2. The van der Waals surface area contributed by atoms with Gasteiger partial charge in [-0.1, -0.05) is 44.2 Å². The van der Waals surface area contributed by atoms with Crippen LogP contribution in [-0.2, 0) is 0 Å². The molecule has 2 aromatic carbocycles.